The Labute approximate surface area is 212 Å². The average molecular weight is 523 g/mol. The third-order valence-corrected chi connectivity index (χ3v) is 8.56. The number of benzene rings is 4. The fourth-order valence-electron chi connectivity index (χ4n) is 4.96. The number of halogens is 6. The van der Waals surface area contributed by atoms with Gasteiger partial charge in [-0.25, -0.2) is 0 Å². The number of hydrogen-bond acceptors (Lipinski definition) is 0. The summed E-state index contributed by atoms with van der Waals surface area (Å²) in [5, 5.41) is -1.20. The van der Waals surface area contributed by atoms with Gasteiger partial charge < -0.3 is 0 Å². The van der Waals surface area contributed by atoms with Crippen molar-refractivity contribution >= 4 is 25.9 Å². The van der Waals surface area contributed by atoms with Gasteiger partial charge in [0.05, 0.1) is 16.2 Å². The summed E-state index contributed by atoms with van der Waals surface area (Å²) in [7, 11) is -0.810. The van der Waals surface area contributed by atoms with E-state index in [2.05, 4.69) is 0 Å². The molecule has 5 rings (SSSR count). The molecule has 0 N–H and O–H groups in total. The predicted molar refractivity (Wildman–Crippen MR) is 137 cm³/mol. The summed E-state index contributed by atoms with van der Waals surface area (Å²) in [5.41, 5.74) is 4.08. The topological polar surface area (TPSA) is 0 Å². The van der Waals surface area contributed by atoms with E-state index in [-0.39, 0.29) is 0 Å². The smallest absolute Gasteiger partial charge is 0.166 e. The molecule has 0 aromatic heterocycles. The number of allylic oxidation sites excluding steroid dienone is 2. The maximum Gasteiger partial charge on any atom is 0.416 e. The molecule has 186 valence electrons. The summed E-state index contributed by atoms with van der Waals surface area (Å²) in [6, 6.07) is 28.6. The van der Waals surface area contributed by atoms with Crippen LogP contribution in [0.25, 0.3) is 11.1 Å². The third-order valence-electron chi connectivity index (χ3n) is 6.60. The Morgan fingerprint density at radius 3 is 1.43 bits per heavy atom. The van der Waals surface area contributed by atoms with Crippen molar-refractivity contribution in [2.45, 2.75) is 17.4 Å². The van der Waals surface area contributed by atoms with Crippen LogP contribution in [0.3, 0.4) is 0 Å². The molecule has 1 heterocycles. The molecule has 37 heavy (non-hydrogen) atoms. The van der Waals surface area contributed by atoms with Crippen molar-refractivity contribution in [1.29, 1.82) is 0 Å². The van der Waals surface area contributed by atoms with Gasteiger partial charge in [0, 0.05) is 9.13 Å². The van der Waals surface area contributed by atoms with Gasteiger partial charge in [0.1, 0.15) is 0 Å². The van der Waals surface area contributed by atoms with E-state index in [9.17, 15) is 26.3 Å². The van der Waals surface area contributed by atoms with Crippen LogP contribution in [0, 0.1) is 0 Å². The first kappa shape index (κ1) is 25.0. The van der Waals surface area contributed by atoms with Crippen molar-refractivity contribution in [3.8, 4) is 0 Å². The summed E-state index contributed by atoms with van der Waals surface area (Å²) in [6.45, 7) is 0. The molecule has 7 heteroatoms. The molecule has 0 saturated heterocycles. The molecule has 0 fully saturated rings. The maximum atomic E-state index is 13.8. The molecule has 0 bridgehead atoms. The van der Waals surface area contributed by atoms with Gasteiger partial charge in [-0.2, -0.15) is 26.3 Å². The number of alkyl halides is 6. The zero-order valence-corrected chi connectivity index (χ0v) is 20.5. The first-order valence-corrected chi connectivity index (χ1v) is 12.8. The van der Waals surface area contributed by atoms with Crippen molar-refractivity contribution in [2.24, 2.45) is 0 Å². The van der Waals surface area contributed by atoms with Gasteiger partial charge in [-0.05, 0) is 45.5 Å². The zero-order valence-electron chi connectivity index (χ0n) is 19.3. The minimum absolute atomic E-state index is 0.317. The van der Waals surface area contributed by atoms with Crippen LogP contribution in [0.1, 0.15) is 33.4 Å². The molecule has 0 atom stereocenters. The Morgan fingerprint density at radius 1 is 0.514 bits per heavy atom. The highest BCUT2D eigenvalue weighted by Crippen LogP contribution is 2.50. The molecule has 0 amide bonds. The summed E-state index contributed by atoms with van der Waals surface area (Å²) in [4.78, 5) is 0. The van der Waals surface area contributed by atoms with Crippen LogP contribution in [0.5, 0.6) is 0 Å². The summed E-state index contributed by atoms with van der Waals surface area (Å²) >= 11 is 0. The number of rotatable bonds is 4. The van der Waals surface area contributed by atoms with E-state index in [1.807, 2.05) is 66.3 Å². The van der Waals surface area contributed by atoms with Gasteiger partial charge in [0.15, 0.2) is 0 Å². The van der Waals surface area contributed by atoms with Crippen molar-refractivity contribution < 1.29 is 26.3 Å². The highest BCUT2D eigenvalue weighted by molar-refractivity contribution is 6.68. The first-order chi connectivity index (χ1) is 17.6. The van der Waals surface area contributed by atoms with Crippen molar-refractivity contribution in [3.63, 3.8) is 0 Å². The lowest BCUT2D eigenvalue weighted by molar-refractivity contribution is -0.138. The SMILES string of the molecule is FC(F)(F)c1cccc(C2(c3cccc(C(F)(F)F)c3)[SiH]=CC(c3ccccc3)=C2c2ccccc2)c1. The van der Waals surface area contributed by atoms with Crippen LogP contribution < -0.4 is 0 Å². The normalized spacial score (nSPS) is 15.3. The summed E-state index contributed by atoms with van der Waals surface area (Å²) < 4.78 is 82.8. The second-order valence-electron chi connectivity index (χ2n) is 8.82. The van der Waals surface area contributed by atoms with Gasteiger partial charge >= 0.3 is 12.4 Å². The lowest BCUT2D eigenvalue weighted by Crippen LogP contribution is -2.32. The fraction of sp³-hybridized carbons (Fsp3) is 0.100. The second-order valence-corrected chi connectivity index (χ2v) is 10.4. The standard InChI is InChI=1S/C30H20F6Si/c31-29(32,33)24-15-7-13-22(17-24)28(23-14-8-16-25(18-23)30(34,35)36)27(21-11-5-2-6-12-21)26(19-37-28)20-9-3-1-4-10-20/h1-19,37H. The van der Waals surface area contributed by atoms with Crippen LogP contribution in [0.15, 0.2) is 109 Å². The first-order valence-electron chi connectivity index (χ1n) is 11.5. The van der Waals surface area contributed by atoms with Crippen LogP contribution in [0.2, 0.25) is 0 Å². The minimum Gasteiger partial charge on any atom is -0.166 e. The average Bonchev–Trinajstić information content (AvgIpc) is 3.31. The van der Waals surface area contributed by atoms with Gasteiger partial charge in [-0.15, -0.1) is 0 Å². The molecule has 1 aliphatic rings. The van der Waals surface area contributed by atoms with E-state index in [0.717, 1.165) is 41.0 Å². The Kier molecular flexibility index (Phi) is 6.28. The quantitative estimate of drug-likeness (QED) is 0.189. The highest BCUT2D eigenvalue weighted by Gasteiger charge is 2.44. The van der Waals surface area contributed by atoms with E-state index in [1.54, 1.807) is 12.1 Å². The summed E-state index contributed by atoms with van der Waals surface area (Å²) in [5.74, 6) is 0. The Morgan fingerprint density at radius 2 is 0.973 bits per heavy atom. The Bertz CT molecular complexity index is 1420. The molecule has 4 aromatic rings. The lowest BCUT2D eigenvalue weighted by Gasteiger charge is -2.35. The molecule has 0 radical (unpaired) electrons. The van der Waals surface area contributed by atoms with E-state index in [4.69, 9.17) is 0 Å². The predicted octanol–water partition coefficient (Wildman–Crippen LogP) is 7.83. The minimum atomic E-state index is -4.60. The molecular formula is C30H20F6Si. The lowest BCUT2D eigenvalue weighted by atomic mass is 9.76. The molecule has 0 unspecified atom stereocenters. The largest absolute Gasteiger partial charge is 0.416 e. The maximum absolute atomic E-state index is 13.8. The van der Waals surface area contributed by atoms with Crippen LogP contribution >= 0.6 is 0 Å². The van der Waals surface area contributed by atoms with Crippen molar-refractivity contribution in [3.05, 3.63) is 143 Å². The highest BCUT2D eigenvalue weighted by atomic mass is 28.2. The second kappa shape index (κ2) is 9.30. The van der Waals surface area contributed by atoms with Gasteiger partial charge in [-0.3, -0.25) is 0 Å². The van der Waals surface area contributed by atoms with Crippen LogP contribution in [0.4, 0.5) is 26.3 Å². The Balaban J connectivity index is 1.89. The van der Waals surface area contributed by atoms with E-state index in [1.165, 1.54) is 12.1 Å². The monoisotopic (exact) mass is 522 g/mol. The van der Waals surface area contributed by atoms with E-state index in [0.29, 0.717) is 16.7 Å². The molecule has 1 aliphatic heterocycles. The zero-order chi connectivity index (χ0) is 26.3. The Hall–Kier alpha value is -3.71. The van der Waals surface area contributed by atoms with Crippen molar-refractivity contribution in [2.75, 3.05) is 0 Å². The molecule has 0 aliphatic carbocycles. The van der Waals surface area contributed by atoms with Crippen LogP contribution in [-0.4, -0.2) is 14.8 Å². The summed E-state index contributed by atoms with van der Waals surface area (Å²) in [6.07, 6.45) is -9.19. The molecule has 0 saturated carbocycles. The molecule has 0 spiro atoms. The van der Waals surface area contributed by atoms with Gasteiger partial charge in [0.2, 0.25) is 0 Å². The van der Waals surface area contributed by atoms with Gasteiger partial charge in [-0.1, -0.05) is 103 Å². The van der Waals surface area contributed by atoms with E-state index >= 15 is 0 Å². The van der Waals surface area contributed by atoms with Crippen LogP contribution in [-0.2, 0) is 17.4 Å². The van der Waals surface area contributed by atoms with Gasteiger partial charge in [0.25, 0.3) is 0 Å². The van der Waals surface area contributed by atoms with Crippen molar-refractivity contribution in [1.82, 2.24) is 0 Å². The number of hydrogen-bond donors (Lipinski definition) is 0. The fourth-order valence-corrected chi connectivity index (χ4v) is 6.97. The third kappa shape index (κ3) is 4.59. The molecule has 4 aromatic carbocycles. The molecular weight excluding hydrogens is 502 g/mol. The van der Waals surface area contributed by atoms with E-state index < -0.39 is 37.6 Å². The molecule has 0 nitrogen and oxygen atoms in total.